The molecule has 0 aliphatic heterocycles. The molecule has 0 aliphatic carbocycles. The number of hydrogen-bond acceptors (Lipinski definition) is 3. The average Bonchev–Trinajstić information content (AvgIpc) is 2.57. The first-order valence-electron chi connectivity index (χ1n) is 5.64. The summed E-state index contributed by atoms with van der Waals surface area (Å²) < 4.78 is 0. The van der Waals surface area contributed by atoms with Crippen molar-refractivity contribution >= 4 is 23.4 Å². The van der Waals surface area contributed by atoms with Gasteiger partial charge in [0.05, 0.1) is 15.6 Å². The molecule has 0 spiro atoms. The monoisotopic (exact) mass is 253 g/mol. The Bertz CT molecular complexity index is 439. The minimum atomic E-state index is -0.927. The van der Waals surface area contributed by atoms with E-state index in [1.165, 1.54) is 6.08 Å². The molecule has 3 nitrogen and oxygen atoms in total. The van der Waals surface area contributed by atoms with Crippen molar-refractivity contribution in [2.75, 3.05) is 0 Å². The third-order valence-corrected chi connectivity index (χ3v) is 3.57. The number of nitrogens with zero attached hydrogens (tertiary/aromatic N) is 1. The lowest BCUT2D eigenvalue weighted by Crippen LogP contribution is -2.13. The van der Waals surface area contributed by atoms with Crippen molar-refractivity contribution in [1.82, 2.24) is 4.98 Å². The number of carbonyl (C=O) groups is 1. The van der Waals surface area contributed by atoms with Crippen molar-refractivity contribution in [3.8, 4) is 0 Å². The summed E-state index contributed by atoms with van der Waals surface area (Å²) in [5.74, 6) is -0.558. The van der Waals surface area contributed by atoms with Gasteiger partial charge in [-0.05, 0) is 6.08 Å². The molecule has 1 heterocycles. The minimum Gasteiger partial charge on any atom is -0.478 e. The molecule has 0 unspecified atom stereocenters. The van der Waals surface area contributed by atoms with Gasteiger partial charge in [-0.1, -0.05) is 34.6 Å². The maximum atomic E-state index is 10.6. The molecule has 0 amide bonds. The van der Waals surface area contributed by atoms with Gasteiger partial charge in [0, 0.05) is 17.4 Å². The van der Waals surface area contributed by atoms with E-state index >= 15 is 0 Å². The van der Waals surface area contributed by atoms with E-state index in [4.69, 9.17) is 5.11 Å². The number of carboxylic acid groups (broad SMARTS) is 1. The van der Waals surface area contributed by atoms with E-state index in [1.54, 1.807) is 17.4 Å². The lowest BCUT2D eigenvalue weighted by molar-refractivity contribution is -0.131. The van der Waals surface area contributed by atoms with E-state index in [1.807, 2.05) is 0 Å². The lowest BCUT2D eigenvalue weighted by atomic mass is 9.91. The van der Waals surface area contributed by atoms with Crippen LogP contribution in [0.5, 0.6) is 0 Å². The Morgan fingerprint density at radius 3 is 2.41 bits per heavy atom. The molecule has 0 fully saturated rings. The number of aliphatic carboxylic acids is 1. The molecule has 1 aromatic heterocycles. The summed E-state index contributed by atoms with van der Waals surface area (Å²) in [6.07, 6.45) is 2.82. The highest BCUT2D eigenvalue weighted by Crippen LogP contribution is 2.33. The van der Waals surface area contributed by atoms with Crippen LogP contribution in [0.3, 0.4) is 0 Å². The number of thiazole rings is 1. The first kappa shape index (κ1) is 13.9. The Kier molecular flexibility index (Phi) is 4.09. The van der Waals surface area contributed by atoms with Gasteiger partial charge < -0.3 is 5.11 Å². The summed E-state index contributed by atoms with van der Waals surface area (Å²) in [6, 6.07) is 0. The highest BCUT2D eigenvalue weighted by Gasteiger charge is 2.22. The van der Waals surface area contributed by atoms with E-state index in [0.29, 0.717) is 5.92 Å². The van der Waals surface area contributed by atoms with Gasteiger partial charge in [-0.2, -0.15) is 0 Å². The van der Waals surface area contributed by atoms with Crippen molar-refractivity contribution in [3.05, 3.63) is 21.7 Å². The second kappa shape index (κ2) is 5.00. The maximum absolute atomic E-state index is 10.6. The fraction of sp³-hybridized carbons (Fsp3) is 0.538. The lowest BCUT2D eigenvalue weighted by Gasteiger charge is -2.16. The van der Waals surface area contributed by atoms with Gasteiger partial charge in [0.25, 0.3) is 0 Å². The Hall–Kier alpha value is -1.16. The zero-order chi connectivity index (χ0) is 13.2. The highest BCUT2D eigenvalue weighted by molar-refractivity contribution is 7.12. The summed E-state index contributed by atoms with van der Waals surface area (Å²) in [6.45, 7) is 10.4. The van der Waals surface area contributed by atoms with Crippen LogP contribution >= 0.6 is 11.3 Å². The zero-order valence-corrected chi connectivity index (χ0v) is 11.8. The molecule has 0 radical (unpaired) electrons. The van der Waals surface area contributed by atoms with Crippen LogP contribution < -0.4 is 0 Å². The number of hydrogen-bond donors (Lipinski definition) is 1. The van der Waals surface area contributed by atoms with Gasteiger partial charge in [0.2, 0.25) is 0 Å². The molecule has 1 aromatic rings. The fourth-order valence-electron chi connectivity index (χ4n) is 1.39. The summed E-state index contributed by atoms with van der Waals surface area (Å²) in [5, 5.41) is 9.74. The van der Waals surface area contributed by atoms with Crippen LogP contribution in [0.15, 0.2) is 6.08 Å². The first-order chi connectivity index (χ1) is 7.71. The predicted molar refractivity (Wildman–Crippen MR) is 71.6 cm³/mol. The molecule has 1 rings (SSSR count). The summed E-state index contributed by atoms with van der Waals surface area (Å²) >= 11 is 1.58. The minimum absolute atomic E-state index is 0.0676. The third-order valence-electron chi connectivity index (χ3n) is 2.25. The molecule has 94 valence electrons. The van der Waals surface area contributed by atoms with E-state index in [0.717, 1.165) is 15.6 Å². The molecule has 0 aliphatic rings. The summed E-state index contributed by atoms with van der Waals surface area (Å²) in [4.78, 5) is 16.2. The van der Waals surface area contributed by atoms with E-state index in [9.17, 15) is 4.79 Å². The Morgan fingerprint density at radius 2 is 2.00 bits per heavy atom. The predicted octanol–water partition coefficient (Wildman–Crippen LogP) is 3.66. The summed E-state index contributed by atoms with van der Waals surface area (Å²) in [7, 11) is 0. The smallest absolute Gasteiger partial charge is 0.328 e. The van der Waals surface area contributed by atoms with Crippen molar-refractivity contribution < 1.29 is 9.90 Å². The van der Waals surface area contributed by atoms with Crippen LogP contribution in [0.2, 0.25) is 0 Å². The van der Waals surface area contributed by atoms with E-state index in [-0.39, 0.29) is 5.41 Å². The normalized spacial score (nSPS) is 12.6. The molecule has 17 heavy (non-hydrogen) atoms. The van der Waals surface area contributed by atoms with Crippen LogP contribution in [0.1, 0.15) is 56.1 Å². The molecule has 0 saturated heterocycles. The fourth-order valence-corrected chi connectivity index (χ4v) is 2.58. The van der Waals surface area contributed by atoms with Gasteiger partial charge in [0.15, 0.2) is 0 Å². The van der Waals surface area contributed by atoms with Crippen LogP contribution in [0.25, 0.3) is 6.08 Å². The Balaban J connectivity index is 3.22. The van der Waals surface area contributed by atoms with Gasteiger partial charge in [-0.15, -0.1) is 11.3 Å². The second-order valence-electron chi connectivity index (χ2n) is 5.34. The van der Waals surface area contributed by atoms with Gasteiger partial charge in [0.1, 0.15) is 0 Å². The van der Waals surface area contributed by atoms with Crippen molar-refractivity contribution in [2.45, 2.75) is 46.0 Å². The van der Waals surface area contributed by atoms with Crippen LogP contribution in [-0.4, -0.2) is 16.1 Å². The van der Waals surface area contributed by atoms with E-state index < -0.39 is 5.97 Å². The number of rotatable bonds is 3. The Labute approximate surface area is 106 Å². The van der Waals surface area contributed by atoms with Gasteiger partial charge in [-0.3, -0.25) is 0 Å². The standard InChI is InChI=1S/C13H19NO2S/c1-8(2)12-14-11(13(3,4)5)9(17-12)6-7-10(15)16/h6-8H,1-5H3,(H,15,16)/b7-6+. The molecular formula is C13H19NO2S. The SMILES string of the molecule is CC(C)c1nc(C(C)(C)C)c(/C=C/C(=O)O)s1. The molecule has 1 N–H and O–H groups in total. The van der Waals surface area contributed by atoms with Gasteiger partial charge in [-0.25, -0.2) is 9.78 Å². The number of aromatic nitrogens is 1. The quantitative estimate of drug-likeness (QED) is 0.836. The average molecular weight is 253 g/mol. The van der Waals surface area contributed by atoms with Crippen molar-refractivity contribution in [2.24, 2.45) is 0 Å². The molecule has 0 atom stereocenters. The second-order valence-corrected chi connectivity index (χ2v) is 6.40. The van der Waals surface area contributed by atoms with Gasteiger partial charge >= 0.3 is 5.97 Å². The van der Waals surface area contributed by atoms with Crippen LogP contribution in [0, 0.1) is 0 Å². The van der Waals surface area contributed by atoms with Crippen molar-refractivity contribution in [1.29, 1.82) is 0 Å². The maximum Gasteiger partial charge on any atom is 0.328 e. The van der Waals surface area contributed by atoms with E-state index in [2.05, 4.69) is 39.6 Å². The van der Waals surface area contributed by atoms with Crippen LogP contribution in [0.4, 0.5) is 0 Å². The van der Waals surface area contributed by atoms with Crippen LogP contribution in [-0.2, 0) is 10.2 Å². The molecule has 0 aromatic carbocycles. The first-order valence-corrected chi connectivity index (χ1v) is 6.45. The molecule has 0 bridgehead atoms. The summed E-state index contributed by atoms with van der Waals surface area (Å²) in [5.41, 5.74) is 0.908. The largest absolute Gasteiger partial charge is 0.478 e. The molecule has 0 saturated carbocycles. The highest BCUT2D eigenvalue weighted by atomic mass is 32.1. The molecular weight excluding hydrogens is 234 g/mol. The molecule has 4 heteroatoms. The zero-order valence-electron chi connectivity index (χ0n) is 10.9. The van der Waals surface area contributed by atoms with Crippen molar-refractivity contribution in [3.63, 3.8) is 0 Å². The number of carboxylic acids is 1. The third kappa shape index (κ3) is 3.66. The Morgan fingerprint density at radius 1 is 1.41 bits per heavy atom. The topological polar surface area (TPSA) is 50.2 Å².